The number of nitrogens with one attached hydrogen (secondary N) is 1. The smallest absolute Gasteiger partial charge is 0.251 e. The number of likely N-dealkylation sites (tertiary alicyclic amines) is 1. The summed E-state index contributed by atoms with van der Waals surface area (Å²) in [5, 5.41) is 3.14. The van der Waals surface area contributed by atoms with Gasteiger partial charge < -0.3 is 19.9 Å². The molecule has 1 aromatic carbocycles. The number of anilines is 1. The van der Waals surface area contributed by atoms with Crippen molar-refractivity contribution in [3.63, 3.8) is 0 Å². The lowest BCUT2D eigenvalue weighted by Gasteiger charge is -2.36. The van der Waals surface area contributed by atoms with Gasteiger partial charge in [0.1, 0.15) is 18.7 Å². The van der Waals surface area contributed by atoms with Crippen molar-refractivity contribution in [1.29, 1.82) is 0 Å². The lowest BCUT2D eigenvalue weighted by atomic mass is 9.78. The Labute approximate surface area is 239 Å². The van der Waals surface area contributed by atoms with E-state index in [-0.39, 0.29) is 47.6 Å². The first-order chi connectivity index (χ1) is 19.2. The van der Waals surface area contributed by atoms with E-state index in [1.807, 2.05) is 24.3 Å². The average Bonchev–Trinajstić information content (AvgIpc) is 3.53. The number of carbonyl (C=O) groups excluding carboxylic acids is 3. The van der Waals surface area contributed by atoms with Gasteiger partial charge in [0.15, 0.2) is 5.78 Å². The van der Waals surface area contributed by atoms with Crippen LogP contribution in [0.4, 0.5) is 5.69 Å². The van der Waals surface area contributed by atoms with E-state index in [0.29, 0.717) is 12.1 Å². The van der Waals surface area contributed by atoms with E-state index in [1.165, 1.54) is 6.42 Å². The molecule has 1 aromatic rings. The summed E-state index contributed by atoms with van der Waals surface area (Å²) < 4.78 is 5.93. The van der Waals surface area contributed by atoms with Crippen molar-refractivity contribution < 1.29 is 19.1 Å². The molecule has 1 aliphatic carbocycles. The van der Waals surface area contributed by atoms with Gasteiger partial charge in [-0.2, -0.15) is 0 Å². The minimum atomic E-state index is -0.633. The number of piperazine rings is 1. The Balaban J connectivity index is 1.30. The first-order valence-corrected chi connectivity index (χ1v) is 15.5. The van der Waals surface area contributed by atoms with Crippen molar-refractivity contribution in [1.82, 2.24) is 15.1 Å². The maximum absolute atomic E-state index is 14.2. The fourth-order valence-electron chi connectivity index (χ4n) is 7.27. The molecule has 4 aliphatic rings. The van der Waals surface area contributed by atoms with Gasteiger partial charge in [-0.25, -0.2) is 0 Å². The quantitative estimate of drug-likeness (QED) is 0.555. The number of nitrogens with zero attached hydrogens (tertiary/aromatic N) is 3. The second kappa shape index (κ2) is 12.2. The molecule has 1 unspecified atom stereocenters. The highest BCUT2D eigenvalue weighted by atomic mass is 16.5. The summed E-state index contributed by atoms with van der Waals surface area (Å²) in [5.41, 5.74) is 1.59. The van der Waals surface area contributed by atoms with Crippen molar-refractivity contribution in [3.05, 3.63) is 29.8 Å². The highest BCUT2D eigenvalue weighted by Crippen LogP contribution is 2.42. The average molecular weight is 553 g/mol. The Morgan fingerprint density at radius 3 is 2.33 bits per heavy atom. The molecule has 8 nitrogen and oxygen atoms in total. The van der Waals surface area contributed by atoms with Crippen LogP contribution in [-0.4, -0.2) is 91.5 Å². The summed E-state index contributed by atoms with van der Waals surface area (Å²) in [6.45, 7) is 14.4. The van der Waals surface area contributed by atoms with E-state index in [1.54, 1.807) is 4.90 Å². The molecule has 0 spiro atoms. The monoisotopic (exact) mass is 552 g/mol. The number of Topliss-reactive ketones (excluding diaryl/α,β-unsaturated/α-hetero) is 1. The number of amides is 2. The van der Waals surface area contributed by atoms with Gasteiger partial charge in [-0.15, -0.1) is 0 Å². The zero-order valence-corrected chi connectivity index (χ0v) is 24.9. The molecule has 0 bridgehead atoms. The highest BCUT2D eigenvalue weighted by molar-refractivity contribution is 5.99. The molecule has 5 rings (SSSR count). The minimum absolute atomic E-state index is 0.0232. The summed E-state index contributed by atoms with van der Waals surface area (Å²) >= 11 is 0. The lowest BCUT2D eigenvalue weighted by molar-refractivity contribution is -0.139. The van der Waals surface area contributed by atoms with E-state index in [0.717, 1.165) is 70.5 Å². The minimum Gasteiger partial charge on any atom is -0.369 e. The number of ether oxygens (including phenoxy) is 1. The Kier molecular flexibility index (Phi) is 8.86. The number of hydrogen-bond donors (Lipinski definition) is 1. The van der Waals surface area contributed by atoms with Crippen molar-refractivity contribution >= 4 is 23.3 Å². The predicted octanol–water partition coefficient (Wildman–Crippen LogP) is 3.74. The fourth-order valence-corrected chi connectivity index (χ4v) is 7.27. The Morgan fingerprint density at radius 2 is 1.70 bits per heavy atom. The summed E-state index contributed by atoms with van der Waals surface area (Å²) in [5.74, 6) is -0.215. The third kappa shape index (κ3) is 6.08. The first kappa shape index (κ1) is 29.1. The van der Waals surface area contributed by atoms with Crippen LogP contribution < -0.4 is 10.2 Å². The molecule has 4 atom stereocenters. The van der Waals surface area contributed by atoms with Crippen LogP contribution in [0, 0.1) is 17.3 Å². The summed E-state index contributed by atoms with van der Waals surface area (Å²) in [6.07, 6.45) is 6.01. The number of rotatable bonds is 7. The van der Waals surface area contributed by atoms with Gasteiger partial charge in [0.25, 0.3) is 5.91 Å². The SMILES string of the molecule is CCCN1CCN(c2ccc(C(=O)NC(C(=O)N3C[C@H](C(C)(C)C)[C@H]4OCC(=O)[C@H]43)C3CCCCC3)cc2)CC1. The van der Waals surface area contributed by atoms with Crippen LogP contribution in [0.3, 0.4) is 0 Å². The van der Waals surface area contributed by atoms with Crippen molar-refractivity contribution in [2.75, 3.05) is 50.8 Å². The van der Waals surface area contributed by atoms with Gasteiger partial charge in [-0.05, 0) is 61.4 Å². The molecule has 220 valence electrons. The van der Waals surface area contributed by atoms with Crippen LogP contribution in [0.5, 0.6) is 0 Å². The molecule has 40 heavy (non-hydrogen) atoms. The van der Waals surface area contributed by atoms with Gasteiger partial charge in [0.2, 0.25) is 5.91 Å². The molecule has 0 aromatic heterocycles. The van der Waals surface area contributed by atoms with Gasteiger partial charge in [-0.1, -0.05) is 47.0 Å². The molecule has 4 fully saturated rings. The molecule has 2 amide bonds. The third-order valence-corrected chi connectivity index (χ3v) is 9.66. The first-order valence-electron chi connectivity index (χ1n) is 15.5. The third-order valence-electron chi connectivity index (χ3n) is 9.66. The van der Waals surface area contributed by atoms with Crippen molar-refractivity contribution in [3.8, 4) is 0 Å². The largest absolute Gasteiger partial charge is 0.369 e. The maximum Gasteiger partial charge on any atom is 0.251 e. The summed E-state index contributed by atoms with van der Waals surface area (Å²) in [7, 11) is 0. The molecular weight excluding hydrogens is 504 g/mol. The van der Waals surface area contributed by atoms with Gasteiger partial charge in [0, 0.05) is 49.9 Å². The molecule has 1 N–H and O–H groups in total. The number of ketones is 1. The van der Waals surface area contributed by atoms with E-state index >= 15 is 0 Å². The number of carbonyl (C=O) groups is 3. The topological polar surface area (TPSA) is 82.2 Å². The Morgan fingerprint density at radius 1 is 1.02 bits per heavy atom. The van der Waals surface area contributed by atoms with Crippen LogP contribution in [0.2, 0.25) is 0 Å². The van der Waals surface area contributed by atoms with E-state index in [9.17, 15) is 14.4 Å². The van der Waals surface area contributed by atoms with Crippen LogP contribution in [-0.2, 0) is 14.3 Å². The van der Waals surface area contributed by atoms with Crippen LogP contribution in [0.25, 0.3) is 0 Å². The summed E-state index contributed by atoms with van der Waals surface area (Å²) in [6, 6.07) is 6.62. The predicted molar refractivity (Wildman–Crippen MR) is 156 cm³/mol. The lowest BCUT2D eigenvalue weighted by Crippen LogP contribution is -2.55. The molecule has 8 heteroatoms. The number of fused-ring (bicyclic) bond motifs is 1. The standard InChI is InChI=1S/C32H48N4O4/c1-5-15-34-16-18-35(19-17-34)24-13-11-23(12-14-24)30(38)33-27(22-9-7-6-8-10-22)31(39)36-20-25(32(2,3)4)29-28(36)26(37)21-40-29/h11-14,22,25,27-29H,5-10,15-21H2,1-4H3,(H,33,38)/t25-,27?,28+,29+/m0/s1. The molecule has 3 saturated heterocycles. The Bertz CT molecular complexity index is 1050. The highest BCUT2D eigenvalue weighted by Gasteiger charge is 2.56. The number of hydrogen-bond acceptors (Lipinski definition) is 6. The van der Waals surface area contributed by atoms with Gasteiger partial charge in [-0.3, -0.25) is 19.3 Å². The molecule has 3 aliphatic heterocycles. The van der Waals surface area contributed by atoms with E-state index < -0.39 is 12.1 Å². The van der Waals surface area contributed by atoms with Crippen LogP contribution in [0.1, 0.15) is 76.6 Å². The van der Waals surface area contributed by atoms with E-state index in [4.69, 9.17) is 4.74 Å². The zero-order valence-electron chi connectivity index (χ0n) is 24.9. The maximum atomic E-state index is 14.2. The summed E-state index contributed by atoms with van der Waals surface area (Å²) in [4.78, 5) is 47.2. The number of benzene rings is 1. The second-order valence-electron chi connectivity index (χ2n) is 13.4. The van der Waals surface area contributed by atoms with Crippen molar-refractivity contribution in [2.24, 2.45) is 17.3 Å². The van der Waals surface area contributed by atoms with Crippen LogP contribution >= 0.6 is 0 Å². The van der Waals surface area contributed by atoms with Gasteiger partial charge >= 0.3 is 0 Å². The van der Waals surface area contributed by atoms with Crippen LogP contribution in [0.15, 0.2) is 24.3 Å². The zero-order chi connectivity index (χ0) is 28.4. The van der Waals surface area contributed by atoms with Crippen molar-refractivity contribution in [2.45, 2.75) is 84.4 Å². The Hall–Kier alpha value is -2.45. The van der Waals surface area contributed by atoms with Gasteiger partial charge in [0.05, 0.1) is 6.10 Å². The second-order valence-corrected chi connectivity index (χ2v) is 13.4. The molecule has 3 heterocycles. The molecule has 0 radical (unpaired) electrons. The normalized spacial score (nSPS) is 27.1. The fraction of sp³-hybridized carbons (Fsp3) is 0.719. The molecular formula is C32H48N4O4. The van der Waals surface area contributed by atoms with E-state index in [2.05, 4.69) is 42.8 Å². The molecule has 1 saturated carbocycles.